The molecule has 1 amide bonds. The van der Waals surface area contributed by atoms with Crippen molar-refractivity contribution in [3.63, 3.8) is 0 Å². The summed E-state index contributed by atoms with van der Waals surface area (Å²) in [5.41, 5.74) is 10.5. The first kappa shape index (κ1) is 13.2. The fourth-order valence-electron chi connectivity index (χ4n) is 2.60. The summed E-state index contributed by atoms with van der Waals surface area (Å²) in [5.74, 6) is -0.143. The number of amides is 1. The molecule has 0 saturated carbocycles. The summed E-state index contributed by atoms with van der Waals surface area (Å²) in [6, 6.07) is 11.3. The van der Waals surface area contributed by atoms with Gasteiger partial charge in [0, 0.05) is 21.4 Å². The standard InChI is InChI=1S/C16H15BrN2O/c17-13-6-12(7-14(18)9-13)16(20)19-15-5-4-10-2-1-3-11(10)8-15/h4-9H,1-3,18H2,(H,19,20). The lowest BCUT2D eigenvalue weighted by Gasteiger charge is -2.08. The van der Waals surface area contributed by atoms with E-state index >= 15 is 0 Å². The van der Waals surface area contributed by atoms with Crippen LogP contribution in [-0.2, 0) is 12.8 Å². The van der Waals surface area contributed by atoms with Gasteiger partial charge in [-0.15, -0.1) is 0 Å². The third kappa shape index (κ3) is 2.70. The third-order valence-electron chi connectivity index (χ3n) is 3.54. The Kier molecular flexibility index (Phi) is 3.49. The summed E-state index contributed by atoms with van der Waals surface area (Å²) < 4.78 is 0.802. The van der Waals surface area contributed by atoms with Crippen molar-refractivity contribution < 1.29 is 4.79 Å². The van der Waals surface area contributed by atoms with Gasteiger partial charge in [-0.25, -0.2) is 0 Å². The highest BCUT2D eigenvalue weighted by Crippen LogP contribution is 2.25. The van der Waals surface area contributed by atoms with E-state index in [-0.39, 0.29) is 5.91 Å². The molecule has 20 heavy (non-hydrogen) atoms. The molecular formula is C16H15BrN2O. The molecule has 0 radical (unpaired) electrons. The molecule has 0 atom stereocenters. The van der Waals surface area contributed by atoms with Crippen molar-refractivity contribution in [1.29, 1.82) is 0 Å². The van der Waals surface area contributed by atoms with Gasteiger partial charge in [0.1, 0.15) is 0 Å². The summed E-state index contributed by atoms with van der Waals surface area (Å²) in [6.07, 6.45) is 3.45. The topological polar surface area (TPSA) is 55.1 Å². The lowest BCUT2D eigenvalue weighted by atomic mass is 10.1. The predicted molar refractivity (Wildman–Crippen MR) is 85.0 cm³/mol. The number of rotatable bonds is 2. The first-order valence-electron chi connectivity index (χ1n) is 6.61. The quantitative estimate of drug-likeness (QED) is 0.823. The van der Waals surface area contributed by atoms with Crippen LogP contribution >= 0.6 is 15.9 Å². The summed E-state index contributed by atoms with van der Waals surface area (Å²) in [6.45, 7) is 0. The van der Waals surface area contributed by atoms with Crippen molar-refractivity contribution in [2.75, 3.05) is 11.1 Å². The average molecular weight is 331 g/mol. The maximum atomic E-state index is 12.2. The van der Waals surface area contributed by atoms with Gasteiger partial charge in [0.05, 0.1) is 0 Å². The third-order valence-corrected chi connectivity index (χ3v) is 4.00. The fraction of sp³-hybridized carbons (Fsp3) is 0.188. The molecule has 0 aromatic heterocycles. The van der Waals surface area contributed by atoms with Gasteiger partial charge in [0.15, 0.2) is 0 Å². The van der Waals surface area contributed by atoms with Crippen LogP contribution in [0.3, 0.4) is 0 Å². The minimum Gasteiger partial charge on any atom is -0.399 e. The van der Waals surface area contributed by atoms with Gasteiger partial charge in [0.25, 0.3) is 5.91 Å². The van der Waals surface area contributed by atoms with Crippen LogP contribution in [0.2, 0.25) is 0 Å². The van der Waals surface area contributed by atoms with Gasteiger partial charge in [0.2, 0.25) is 0 Å². The second-order valence-electron chi connectivity index (χ2n) is 5.06. The number of carbonyl (C=O) groups is 1. The van der Waals surface area contributed by atoms with Crippen molar-refractivity contribution in [2.45, 2.75) is 19.3 Å². The smallest absolute Gasteiger partial charge is 0.255 e. The normalized spacial score (nSPS) is 13.1. The number of halogens is 1. The van der Waals surface area contributed by atoms with Crippen LogP contribution in [0.1, 0.15) is 27.9 Å². The second kappa shape index (κ2) is 5.29. The Morgan fingerprint density at radius 2 is 1.90 bits per heavy atom. The Hall–Kier alpha value is -1.81. The Morgan fingerprint density at radius 3 is 2.70 bits per heavy atom. The first-order chi connectivity index (χ1) is 9.61. The van der Waals surface area contributed by atoms with Crippen molar-refractivity contribution in [2.24, 2.45) is 0 Å². The molecule has 0 heterocycles. The maximum absolute atomic E-state index is 12.2. The SMILES string of the molecule is Nc1cc(Br)cc(C(=O)Nc2ccc3c(c2)CCC3)c1. The summed E-state index contributed by atoms with van der Waals surface area (Å²) in [4.78, 5) is 12.2. The number of hydrogen-bond acceptors (Lipinski definition) is 2. The molecule has 3 nitrogen and oxygen atoms in total. The highest BCUT2D eigenvalue weighted by Gasteiger charge is 2.13. The number of hydrogen-bond donors (Lipinski definition) is 2. The van der Waals surface area contributed by atoms with E-state index in [0.717, 1.165) is 23.0 Å². The monoisotopic (exact) mass is 330 g/mol. The maximum Gasteiger partial charge on any atom is 0.255 e. The Bertz CT molecular complexity index is 662. The second-order valence-corrected chi connectivity index (χ2v) is 5.98. The van der Waals surface area contributed by atoms with Crippen LogP contribution in [-0.4, -0.2) is 5.91 Å². The molecule has 3 N–H and O–H groups in total. The van der Waals surface area contributed by atoms with E-state index in [9.17, 15) is 4.79 Å². The van der Waals surface area contributed by atoms with E-state index in [1.165, 1.54) is 17.5 Å². The van der Waals surface area contributed by atoms with Gasteiger partial charge in [-0.3, -0.25) is 4.79 Å². The number of carbonyl (C=O) groups excluding carboxylic acids is 1. The molecule has 0 spiro atoms. The zero-order valence-electron chi connectivity index (χ0n) is 10.9. The zero-order chi connectivity index (χ0) is 14.1. The zero-order valence-corrected chi connectivity index (χ0v) is 12.5. The number of benzene rings is 2. The molecule has 0 bridgehead atoms. The van der Waals surface area contributed by atoms with Crippen molar-refractivity contribution in [3.8, 4) is 0 Å². The number of anilines is 2. The van der Waals surface area contributed by atoms with Crippen LogP contribution < -0.4 is 11.1 Å². The number of nitrogens with two attached hydrogens (primary N) is 1. The van der Waals surface area contributed by atoms with Crippen LogP contribution in [0.25, 0.3) is 0 Å². The van der Waals surface area contributed by atoms with Crippen molar-refractivity contribution in [1.82, 2.24) is 0 Å². The van der Waals surface area contributed by atoms with E-state index in [2.05, 4.69) is 33.4 Å². The molecule has 0 aliphatic heterocycles. The molecule has 0 saturated heterocycles. The molecule has 2 aromatic rings. The largest absolute Gasteiger partial charge is 0.399 e. The fourth-order valence-corrected chi connectivity index (χ4v) is 3.11. The number of nitrogens with one attached hydrogen (secondary N) is 1. The Labute approximate surface area is 126 Å². The molecule has 0 unspecified atom stereocenters. The molecule has 1 aliphatic carbocycles. The minimum atomic E-state index is -0.143. The highest BCUT2D eigenvalue weighted by molar-refractivity contribution is 9.10. The summed E-state index contributed by atoms with van der Waals surface area (Å²) >= 11 is 3.35. The summed E-state index contributed by atoms with van der Waals surface area (Å²) in [7, 11) is 0. The molecule has 102 valence electrons. The van der Waals surface area contributed by atoms with Crippen LogP contribution in [0.15, 0.2) is 40.9 Å². The van der Waals surface area contributed by atoms with Crippen LogP contribution in [0.5, 0.6) is 0 Å². The number of nitrogen functional groups attached to an aromatic ring is 1. The molecule has 0 fully saturated rings. The van der Waals surface area contributed by atoms with E-state index in [0.29, 0.717) is 11.3 Å². The Balaban J connectivity index is 1.82. The molecular weight excluding hydrogens is 316 g/mol. The van der Waals surface area contributed by atoms with E-state index < -0.39 is 0 Å². The van der Waals surface area contributed by atoms with Gasteiger partial charge < -0.3 is 11.1 Å². The molecule has 4 heteroatoms. The van der Waals surface area contributed by atoms with E-state index in [1.807, 2.05) is 6.07 Å². The lowest BCUT2D eigenvalue weighted by Crippen LogP contribution is -2.12. The first-order valence-corrected chi connectivity index (χ1v) is 7.40. The van der Waals surface area contributed by atoms with Gasteiger partial charge >= 0.3 is 0 Å². The highest BCUT2D eigenvalue weighted by atomic mass is 79.9. The Morgan fingerprint density at radius 1 is 1.10 bits per heavy atom. The minimum absolute atomic E-state index is 0.143. The number of fused-ring (bicyclic) bond motifs is 1. The predicted octanol–water partition coefficient (Wildman–Crippen LogP) is 3.77. The molecule has 3 rings (SSSR count). The van der Waals surface area contributed by atoms with Gasteiger partial charge in [-0.2, -0.15) is 0 Å². The van der Waals surface area contributed by atoms with E-state index in [1.54, 1.807) is 18.2 Å². The van der Waals surface area contributed by atoms with Gasteiger partial charge in [-0.05, 0) is 60.7 Å². The molecule has 2 aromatic carbocycles. The molecule has 1 aliphatic rings. The average Bonchev–Trinajstić information content (AvgIpc) is 2.85. The van der Waals surface area contributed by atoms with Crippen molar-refractivity contribution in [3.05, 3.63) is 57.6 Å². The number of aryl methyl sites for hydroxylation is 2. The van der Waals surface area contributed by atoms with Crippen LogP contribution in [0, 0.1) is 0 Å². The van der Waals surface area contributed by atoms with Crippen molar-refractivity contribution >= 4 is 33.2 Å². The van der Waals surface area contributed by atoms with Crippen LogP contribution in [0.4, 0.5) is 11.4 Å². The lowest BCUT2D eigenvalue weighted by molar-refractivity contribution is 0.102. The van der Waals surface area contributed by atoms with Gasteiger partial charge in [-0.1, -0.05) is 22.0 Å². The van der Waals surface area contributed by atoms with E-state index in [4.69, 9.17) is 5.73 Å². The summed E-state index contributed by atoms with van der Waals surface area (Å²) in [5, 5.41) is 2.93.